The molecule has 0 aliphatic carbocycles. The lowest BCUT2D eigenvalue weighted by Gasteiger charge is -2.38. The molecule has 2 aliphatic rings. The molecule has 0 unspecified atom stereocenters. The molecule has 1 spiro atoms. The van der Waals surface area contributed by atoms with E-state index in [-0.39, 0.29) is 5.91 Å². The molecule has 0 atom stereocenters. The van der Waals surface area contributed by atoms with Gasteiger partial charge in [-0.15, -0.1) is 0 Å². The second kappa shape index (κ2) is 8.73. The highest BCUT2D eigenvalue weighted by molar-refractivity contribution is 7.99. The first kappa shape index (κ1) is 19.7. The Morgan fingerprint density at radius 2 is 1.92 bits per heavy atom. The summed E-state index contributed by atoms with van der Waals surface area (Å²) >= 11 is 7.51. The van der Waals surface area contributed by atoms with Gasteiger partial charge in [0.2, 0.25) is 5.91 Å². The number of amides is 1. The zero-order valence-corrected chi connectivity index (χ0v) is 16.8. The summed E-state index contributed by atoms with van der Waals surface area (Å²) in [6, 6.07) is 1.77. The highest BCUT2D eigenvalue weighted by Crippen LogP contribution is 2.33. The van der Waals surface area contributed by atoms with Gasteiger partial charge in [0.1, 0.15) is 11.0 Å². The minimum Gasteiger partial charge on any atom is -0.356 e. The Bertz CT molecular complexity index is 628. The standard InChI is InChI=1S/C17H25ClN4O3S/c1-3-21(4-2)15(23)12-26-16-19-13(18)11-14(20-16)22-7-5-17(6-8-22)24-9-10-25-17/h11H,3-10,12H2,1-2H3. The van der Waals surface area contributed by atoms with Crippen LogP contribution in [-0.2, 0) is 14.3 Å². The predicted molar refractivity (Wildman–Crippen MR) is 102 cm³/mol. The number of rotatable bonds is 6. The minimum atomic E-state index is -0.416. The number of piperidine rings is 1. The molecule has 7 nitrogen and oxygen atoms in total. The van der Waals surface area contributed by atoms with Crippen LogP contribution < -0.4 is 4.90 Å². The third kappa shape index (κ3) is 4.60. The van der Waals surface area contributed by atoms with Crippen molar-refractivity contribution in [3.05, 3.63) is 11.2 Å². The van der Waals surface area contributed by atoms with Crippen molar-refractivity contribution >= 4 is 35.1 Å². The summed E-state index contributed by atoms with van der Waals surface area (Å²) < 4.78 is 11.5. The monoisotopic (exact) mass is 400 g/mol. The van der Waals surface area contributed by atoms with Crippen molar-refractivity contribution in [2.75, 3.05) is 50.0 Å². The second-order valence-electron chi connectivity index (χ2n) is 6.28. The highest BCUT2D eigenvalue weighted by atomic mass is 35.5. The fraction of sp³-hybridized carbons (Fsp3) is 0.706. The minimum absolute atomic E-state index is 0.0839. The summed E-state index contributed by atoms with van der Waals surface area (Å²) in [5, 5.41) is 0.920. The molecule has 0 N–H and O–H groups in total. The third-order valence-electron chi connectivity index (χ3n) is 4.76. The first-order chi connectivity index (χ1) is 12.5. The average molecular weight is 401 g/mol. The number of hydrogen-bond acceptors (Lipinski definition) is 7. The van der Waals surface area contributed by atoms with E-state index in [4.69, 9.17) is 21.1 Å². The molecule has 1 aromatic heterocycles. The quantitative estimate of drug-likeness (QED) is 0.412. The number of hydrogen-bond donors (Lipinski definition) is 0. The van der Waals surface area contributed by atoms with E-state index < -0.39 is 5.79 Å². The lowest BCUT2D eigenvalue weighted by Crippen LogP contribution is -2.45. The molecule has 2 aliphatic heterocycles. The van der Waals surface area contributed by atoms with Crippen LogP contribution in [0.3, 0.4) is 0 Å². The summed E-state index contributed by atoms with van der Waals surface area (Å²) in [7, 11) is 0. The van der Waals surface area contributed by atoms with E-state index in [0.717, 1.165) is 31.7 Å². The fourth-order valence-electron chi connectivity index (χ4n) is 3.27. The lowest BCUT2D eigenvalue weighted by molar-refractivity contribution is -0.169. The van der Waals surface area contributed by atoms with E-state index in [1.54, 1.807) is 11.0 Å². The van der Waals surface area contributed by atoms with Crippen LogP contribution in [-0.4, -0.2) is 71.7 Å². The number of ether oxygens (including phenoxy) is 2. The van der Waals surface area contributed by atoms with E-state index in [1.165, 1.54) is 11.8 Å². The van der Waals surface area contributed by atoms with Crippen LogP contribution in [0, 0.1) is 0 Å². The molecule has 1 amide bonds. The van der Waals surface area contributed by atoms with Crippen LogP contribution >= 0.6 is 23.4 Å². The van der Waals surface area contributed by atoms with Gasteiger partial charge < -0.3 is 19.3 Å². The van der Waals surface area contributed by atoms with Gasteiger partial charge >= 0.3 is 0 Å². The molecule has 144 valence electrons. The number of nitrogens with zero attached hydrogens (tertiary/aromatic N) is 4. The SMILES string of the molecule is CCN(CC)C(=O)CSc1nc(Cl)cc(N2CCC3(CC2)OCCO3)n1. The van der Waals surface area contributed by atoms with Gasteiger partial charge in [0.15, 0.2) is 10.9 Å². The molecule has 0 aromatic carbocycles. The molecule has 0 saturated carbocycles. The van der Waals surface area contributed by atoms with Crippen LogP contribution in [0.15, 0.2) is 11.2 Å². The van der Waals surface area contributed by atoms with Crippen molar-refractivity contribution in [3.8, 4) is 0 Å². The maximum atomic E-state index is 12.2. The Morgan fingerprint density at radius 3 is 2.54 bits per heavy atom. The summed E-state index contributed by atoms with van der Waals surface area (Å²) in [6.07, 6.45) is 1.61. The largest absolute Gasteiger partial charge is 0.356 e. The summed E-state index contributed by atoms with van der Waals surface area (Å²) in [5.74, 6) is 0.768. The molecular formula is C17H25ClN4O3S. The summed E-state index contributed by atoms with van der Waals surface area (Å²) in [5.41, 5.74) is 0. The maximum Gasteiger partial charge on any atom is 0.233 e. The maximum absolute atomic E-state index is 12.2. The van der Waals surface area contributed by atoms with Crippen molar-refractivity contribution < 1.29 is 14.3 Å². The number of thioether (sulfide) groups is 1. The Balaban J connectivity index is 1.62. The summed E-state index contributed by atoms with van der Waals surface area (Å²) in [6.45, 7) is 8.27. The van der Waals surface area contributed by atoms with Gasteiger partial charge in [-0.05, 0) is 13.8 Å². The zero-order valence-electron chi connectivity index (χ0n) is 15.2. The smallest absolute Gasteiger partial charge is 0.233 e. The van der Waals surface area contributed by atoms with E-state index >= 15 is 0 Å². The number of anilines is 1. The first-order valence-electron chi connectivity index (χ1n) is 9.03. The van der Waals surface area contributed by atoms with Crippen LogP contribution in [0.5, 0.6) is 0 Å². The van der Waals surface area contributed by atoms with Gasteiger partial charge in [-0.25, -0.2) is 9.97 Å². The molecule has 3 heterocycles. The number of halogens is 1. The zero-order chi connectivity index (χ0) is 18.6. The molecule has 0 radical (unpaired) electrons. The number of carbonyl (C=O) groups excluding carboxylic acids is 1. The second-order valence-corrected chi connectivity index (χ2v) is 7.61. The van der Waals surface area contributed by atoms with Crippen molar-refractivity contribution in [2.45, 2.75) is 37.6 Å². The van der Waals surface area contributed by atoms with E-state index in [2.05, 4.69) is 14.9 Å². The van der Waals surface area contributed by atoms with Crippen molar-refractivity contribution in [1.29, 1.82) is 0 Å². The van der Waals surface area contributed by atoms with E-state index in [9.17, 15) is 4.79 Å². The molecule has 0 bridgehead atoms. The molecule has 1 aromatic rings. The van der Waals surface area contributed by atoms with Crippen LogP contribution in [0.1, 0.15) is 26.7 Å². The van der Waals surface area contributed by atoms with Gasteiger partial charge in [-0.2, -0.15) is 0 Å². The predicted octanol–water partition coefficient (Wildman–Crippen LogP) is 2.43. The fourth-order valence-corrected chi connectivity index (χ4v) is 4.25. The molecule has 2 fully saturated rings. The van der Waals surface area contributed by atoms with Gasteiger partial charge in [0, 0.05) is 45.1 Å². The number of aromatic nitrogens is 2. The van der Waals surface area contributed by atoms with Crippen LogP contribution in [0.25, 0.3) is 0 Å². The van der Waals surface area contributed by atoms with Gasteiger partial charge in [-0.1, -0.05) is 23.4 Å². The lowest BCUT2D eigenvalue weighted by atomic mass is 10.0. The molecule has 3 rings (SSSR count). The van der Waals surface area contributed by atoms with Gasteiger partial charge in [-0.3, -0.25) is 4.79 Å². The Morgan fingerprint density at radius 1 is 1.27 bits per heavy atom. The number of carbonyl (C=O) groups is 1. The Kier molecular flexibility index (Phi) is 6.60. The topological polar surface area (TPSA) is 67.8 Å². The molecular weight excluding hydrogens is 376 g/mol. The van der Waals surface area contributed by atoms with Crippen molar-refractivity contribution in [3.63, 3.8) is 0 Å². The third-order valence-corrected chi connectivity index (χ3v) is 5.79. The van der Waals surface area contributed by atoms with E-state index in [1.807, 2.05) is 13.8 Å². The molecule has 2 saturated heterocycles. The highest BCUT2D eigenvalue weighted by Gasteiger charge is 2.40. The molecule has 9 heteroatoms. The van der Waals surface area contributed by atoms with Crippen molar-refractivity contribution in [1.82, 2.24) is 14.9 Å². The van der Waals surface area contributed by atoms with Crippen LogP contribution in [0.2, 0.25) is 5.15 Å². The first-order valence-corrected chi connectivity index (χ1v) is 10.4. The van der Waals surface area contributed by atoms with Gasteiger partial charge in [0.05, 0.1) is 19.0 Å². The van der Waals surface area contributed by atoms with Gasteiger partial charge in [0.25, 0.3) is 0 Å². The Hall–Kier alpha value is -1.09. The summed E-state index contributed by atoms with van der Waals surface area (Å²) in [4.78, 5) is 25.0. The van der Waals surface area contributed by atoms with Crippen molar-refractivity contribution in [2.24, 2.45) is 0 Å². The Labute approximate surface area is 163 Å². The van der Waals surface area contributed by atoms with Crippen LogP contribution in [0.4, 0.5) is 5.82 Å². The molecule has 26 heavy (non-hydrogen) atoms. The van der Waals surface area contributed by atoms with E-state index in [0.29, 0.717) is 42.4 Å². The average Bonchev–Trinajstić information content (AvgIpc) is 3.09. The normalized spacial score (nSPS) is 19.1.